The molecule has 158 valence electrons. The number of nitrogens with zero attached hydrogens (tertiary/aromatic N) is 1. The van der Waals surface area contributed by atoms with Crippen molar-refractivity contribution in [3.05, 3.63) is 52.8 Å². The molecule has 0 saturated carbocycles. The number of hydrogen-bond donors (Lipinski definition) is 2. The first-order valence-electron chi connectivity index (χ1n) is 8.87. The molecule has 0 saturated heterocycles. The molecule has 2 aromatic carbocycles. The van der Waals surface area contributed by atoms with Gasteiger partial charge < -0.3 is 30.0 Å². The van der Waals surface area contributed by atoms with Crippen molar-refractivity contribution in [3.8, 4) is 17.2 Å². The van der Waals surface area contributed by atoms with Gasteiger partial charge in [-0.2, -0.15) is 0 Å². The van der Waals surface area contributed by atoms with Crippen LogP contribution in [0, 0.1) is 5.82 Å². The monoisotopic (exact) mass is 517 g/mol. The highest BCUT2D eigenvalue weighted by molar-refractivity contribution is 14.0. The van der Waals surface area contributed by atoms with Crippen LogP contribution in [-0.4, -0.2) is 33.5 Å². The lowest BCUT2D eigenvalue weighted by molar-refractivity contribution is -0.0172. The number of benzene rings is 2. The fraction of sp³-hybridized carbons (Fsp3) is 0.350. The Balaban J connectivity index is 0.00000300. The molecule has 0 aromatic heterocycles. The lowest BCUT2D eigenvalue weighted by Crippen LogP contribution is -2.33. The van der Waals surface area contributed by atoms with Crippen LogP contribution in [0.2, 0.25) is 0 Å². The van der Waals surface area contributed by atoms with Gasteiger partial charge in [-0.05, 0) is 41.8 Å². The molecule has 3 rings (SSSR count). The highest BCUT2D eigenvalue weighted by Gasteiger charge is 2.16. The summed E-state index contributed by atoms with van der Waals surface area (Å²) in [4.78, 5) is 4.32. The zero-order chi connectivity index (χ0) is 19.9. The number of halogens is 2. The van der Waals surface area contributed by atoms with Crippen LogP contribution < -0.4 is 25.3 Å². The molecule has 0 unspecified atom stereocenters. The van der Waals surface area contributed by atoms with E-state index in [1.54, 1.807) is 14.2 Å². The second-order valence-electron chi connectivity index (χ2n) is 6.23. The van der Waals surface area contributed by atoms with E-state index in [-0.39, 0.29) is 36.6 Å². The lowest BCUT2D eigenvalue weighted by atomic mass is 10.1. The number of ether oxygens (including phenoxy) is 4. The molecule has 7 nitrogen and oxygen atoms in total. The Kier molecular flexibility index (Phi) is 8.77. The standard InChI is InChI=1S/C20H24FN3O4.HI/c1-25-17-4-3-13(7-18(17)26-2)10-24-20(22)23-6-5-14-8-16(21)9-15-11-27-12-28-19(14)15;/h3-4,7-9H,5-6,10-12H2,1-2H3,(H3,22,23,24);1H. The van der Waals surface area contributed by atoms with E-state index in [2.05, 4.69) is 10.3 Å². The maximum Gasteiger partial charge on any atom is 0.189 e. The normalized spacial score (nSPS) is 13.0. The first-order valence-corrected chi connectivity index (χ1v) is 8.87. The SMILES string of the molecule is COc1ccc(CN=C(N)NCCc2cc(F)cc3c2OCOC3)cc1OC.I. The van der Waals surface area contributed by atoms with Gasteiger partial charge in [0.1, 0.15) is 11.6 Å². The average Bonchev–Trinajstić information content (AvgIpc) is 2.71. The number of hydrogen-bond acceptors (Lipinski definition) is 5. The Morgan fingerprint density at radius 3 is 2.76 bits per heavy atom. The van der Waals surface area contributed by atoms with Crippen molar-refractivity contribution < 1.29 is 23.3 Å². The third kappa shape index (κ3) is 6.10. The van der Waals surface area contributed by atoms with Crippen LogP contribution in [0.15, 0.2) is 35.3 Å². The fourth-order valence-corrected chi connectivity index (χ4v) is 2.98. The Bertz CT molecular complexity index is 864. The molecule has 1 aliphatic rings. The van der Waals surface area contributed by atoms with Crippen LogP contribution in [0.4, 0.5) is 4.39 Å². The van der Waals surface area contributed by atoms with Gasteiger partial charge in [-0.3, -0.25) is 0 Å². The largest absolute Gasteiger partial charge is 0.493 e. The van der Waals surface area contributed by atoms with E-state index >= 15 is 0 Å². The molecule has 0 amide bonds. The van der Waals surface area contributed by atoms with E-state index in [4.69, 9.17) is 24.7 Å². The molecule has 2 aromatic rings. The van der Waals surface area contributed by atoms with E-state index in [1.807, 2.05) is 18.2 Å². The Morgan fingerprint density at radius 1 is 1.21 bits per heavy atom. The summed E-state index contributed by atoms with van der Waals surface area (Å²) in [7, 11) is 3.17. The molecule has 1 heterocycles. The zero-order valence-corrected chi connectivity index (χ0v) is 18.7. The Hall–Kier alpha value is -2.27. The highest BCUT2D eigenvalue weighted by Crippen LogP contribution is 2.30. The minimum absolute atomic E-state index is 0. The number of nitrogens with two attached hydrogens (primary N) is 1. The van der Waals surface area contributed by atoms with Gasteiger partial charge in [0.15, 0.2) is 24.3 Å². The summed E-state index contributed by atoms with van der Waals surface area (Å²) < 4.78 is 35.0. The summed E-state index contributed by atoms with van der Waals surface area (Å²) >= 11 is 0. The minimum atomic E-state index is -0.307. The summed E-state index contributed by atoms with van der Waals surface area (Å²) in [6, 6.07) is 8.49. The van der Waals surface area contributed by atoms with Crippen molar-refractivity contribution in [2.24, 2.45) is 10.7 Å². The number of nitrogens with one attached hydrogen (secondary N) is 1. The predicted molar refractivity (Wildman–Crippen MR) is 119 cm³/mol. The van der Waals surface area contributed by atoms with E-state index in [1.165, 1.54) is 12.1 Å². The average molecular weight is 517 g/mol. The van der Waals surface area contributed by atoms with Crippen molar-refractivity contribution in [3.63, 3.8) is 0 Å². The van der Waals surface area contributed by atoms with Gasteiger partial charge in [0.05, 0.1) is 27.4 Å². The van der Waals surface area contributed by atoms with Crippen molar-refractivity contribution in [1.82, 2.24) is 5.32 Å². The van der Waals surface area contributed by atoms with Crippen LogP contribution >= 0.6 is 24.0 Å². The van der Waals surface area contributed by atoms with Gasteiger partial charge >= 0.3 is 0 Å². The second kappa shape index (κ2) is 11.1. The number of methoxy groups -OCH3 is 2. The molecule has 0 bridgehead atoms. The first-order chi connectivity index (χ1) is 13.6. The van der Waals surface area contributed by atoms with Gasteiger partial charge in [-0.15, -0.1) is 24.0 Å². The Morgan fingerprint density at radius 2 is 2.00 bits per heavy atom. The molecule has 0 atom stereocenters. The minimum Gasteiger partial charge on any atom is -0.493 e. The first kappa shape index (κ1) is 23.0. The molecular weight excluding hydrogens is 492 g/mol. The molecular formula is C20H25FIN3O4. The summed E-state index contributed by atoms with van der Waals surface area (Å²) in [6.07, 6.45) is 0.548. The van der Waals surface area contributed by atoms with Crippen molar-refractivity contribution in [2.45, 2.75) is 19.6 Å². The molecule has 1 aliphatic heterocycles. The predicted octanol–water partition coefficient (Wildman–Crippen LogP) is 2.97. The lowest BCUT2D eigenvalue weighted by Gasteiger charge is -2.21. The van der Waals surface area contributed by atoms with Crippen LogP contribution in [0.5, 0.6) is 17.2 Å². The van der Waals surface area contributed by atoms with Gasteiger partial charge in [0.2, 0.25) is 0 Å². The number of guanidine groups is 1. The maximum atomic E-state index is 13.8. The van der Waals surface area contributed by atoms with E-state index in [9.17, 15) is 4.39 Å². The number of rotatable bonds is 7. The number of fused-ring (bicyclic) bond motifs is 1. The molecule has 3 N–H and O–H groups in total. The summed E-state index contributed by atoms with van der Waals surface area (Å²) in [5.41, 5.74) is 8.37. The van der Waals surface area contributed by atoms with Gasteiger partial charge in [0.25, 0.3) is 0 Å². The van der Waals surface area contributed by atoms with Crippen molar-refractivity contribution in [1.29, 1.82) is 0 Å². The highest BCUT2D eigenvalue weighted by atomic mass is 127. The van der Waals surface area contributed by atoms with Crippen LogP contribution in [0.1, 0.15) is 16.7 Å². The summed E-state index contributed by atoms with van der Waals surface area (Å²) in [5.74, 6) is 1.99. The Labute approximate surface area is 186 Å². The van der Waals surface area contributed by atoms with Gasteiger partial charge in [-0.1, -0.05) is 6.07 Å². The molecule has 29 heavy (non-hydrogen) atoms. The fourth-order valence-electron chi connectivity index (χ4n) is 2.98. The van der Waals surface area contributed by atoms with E-state index < -0.39 is 0 Å². The van der Waals surface area contributed by atoms with Gasteiger partial charge in [-0.25, -0.2) is 9.38 Å². The topological polar surface area (TPSA) is 87.3 Å². The molecule has 0 aliphatic carbocycles. The van der Waals surface area contributed by atoms with Crippen LogP contribution in [-0.2, 0) is 24.3 Å². The molecule has 0 radical (unpaired) electrons. The maximum absolute atomic E-state index is 13.8. The third-order valence-corrected chi connectivity index (χ3v) is 4.33. The molecule has 9 heteroatoms. The van der Waals surface area contributed by atoms with Crippen LogP contribution in [0.3, 0.4) is 0 Å². The van der Waals surface area contributed by atoms with Crippen molar-refractivity contribution >= 4 is 29.9 Å². The summed E-state index contributed by atoms with van der Waals surface area (Å²) in [6.45, 7) is 1.42. The van der Waals surface area contributed by atoms with E-state index in [0.29, 0.717) is 49.3 Å². The van der Waals surface area contributed by atoms with Gasteiger partial charge in [0, 0.05) is 12.1 Å². The quantitative estimate of drug-likeness (QED) is 0.334. The van der Waals surface area contributed by atoms with Crippen molar-refractivity contribution in [2.75, 3.05) is 27.6 Å². The van der Waals surface area contributed by atoms with E-state index in [0.717, 1.165) is 16.7 Å². The van der Waals surface area contributed by atoms with Crippen LogP contribution in [0.25, 0.3) is 0 Å². The number of aliphatic imine (C=N–C) groups is 1. The molecule has 0 spiro atoms. The molecule has 0 fully saturated rings. The smallest absolute Gasteiger partial charge is 0.189 e. The third-order valence-electron chi connectivity index (χ3n) is 4.33. The second-order valence-corrected chi connectivity index (χ2v) is 6.23. The zero-order valence-electron chi connectivity index (χ0n) is 16.4. The summed E-state index contributed by atoms with van der Waals surface area (Å²) in [5, 5.41) is 3.04.